The van der Waals surface area contributed by atoms with Crippen molar-refractivity contribution in [1.82, 2.24) is 19.8 Å². The van der Waals surface area contributed by atoms with Crippen molar-refractivity contribution in [3.05, 3.63) is 70.6 Å². The molecule has 0 saturated carbocycles. The van der Waals surface area contributed by atoms with Gasteiger partial charge in [0.2, 0.25) is 0 Å². The number of rotatable bonds is 5. The molecular formula is C24H24ClF2N5O2. The summed E-state index contributed by atoms with van der Waals surface area (Å²) in [5.41, 5.74) is 7.55. The van der Waals surface area contributed by atoms with Crippen LogP contribution in [0.3, 0.4) is 0 Å². The van der Waals surface area contributed by atoms with Crippen molar-refractivity contribution in [3.63, 3.8) is 0 Å². The zero-order valence-electron chi connectivity index (χ0n) is 18.8. The molecule has 1 unspecified atom stereocenters. The van der Waals surface area contributed by atoms with Crippen LogP contribution in [0.1, 0.15) is 28.9 Å². The Hall–Kier alpha value is -3.30. The van der Waals surface area contributed by atoms with E-state index in [0.29, 0.717) is 29.8 Å². The molecule has 178 valence electrons. The van der Waals surface area contributed by atoms with Crippen molar-refractivity contribution in [2.24, 2.45) is 0 Å². The third kappa shape index (κ3) is 4.95. The van der Waals surface area contributed by atoms with Crippen molar-refractivity contribution < 1.29 is 18.3 Å². The average molecular weight is 488 g/mol. The van der Waals surface area contributed by atoms with E-state index in [4.69, 9.17) is 22.1 Å². The minimum atomic E-state index is -0.939. The van der Waals surface area contributed by atoms with E-state index in [-0.39, 0.29) is 28.1 Å². The molecule has 1 atom stereocenters. The van der Waals surface area contributed by atoms with Crippen molar-refractivity contribution in [2.75, 3.05) is 39.0 Å². The van der Waals surface area contributed by atoms with Crippen molar-refractivity contribution >= 4 is 23.3 Å². The standard InChI is InChI=1S/C24H24ClF2N5O2/c1-14(21-18(26)3-4-19(27)22(21)25)34-20-10-16(13-30-23(20)28)15-9-17(12-29-11-15)24(33)32-7-5-31(2)6-8-32/h3-4,9-14H,5-8H2,1-2H3,(H2,28,30). The number of pyridine rings is 2. The first-order valence-corrected chi connectivity index (χ1v) is 11.1. The minimum absolute atomic E-state index is 0.0705. The van der Waals surface area contributed by atoms with Crippen molar-refractivity contribution in [2.45, 2.75) is 13.0 Å². The number of likely N-dealkylation sites (N-methyl/N-ethyl adjacent to an activating group) is 1. The number of carbonyl (C=O) groups excluding carboxylic acids is 1. The van der Waals surface area contributed by atoms with Crippen LogP contribution in [0, 0.1) is 11.6 Å². The normalized spacial score (nSPS) is 15.3. The monoisotopic (exact) mass is 487 g/mol. The second kappa shape index (κ2) is 9.90. The largest absolute Gasteiger partial charge is 0.482 e. The number of piperazine rings is 1. The first-order chi connectivity index (χ1) is 16.2. The number of hydrogen-bond acceptors (Lipinski definition) is 6. The summed E-state index contributed by atoms with van der Waals surface area (Å²) in [5.74, 6) is -1.30. The van der Waals surface area contributed by atoms with Crippen LogP contribution in [0.25, 0.3) is 11.1 Å². The topological polar surface area (TPSA) is 84.6 Å². The summed E-state index contributed by atoms with van der Waals surface area (Å²) in [6.45, 7) is 4.47. The number of amides is 1. The zero-order valence-corrected chi connectivity index (χ0v) is 19.5. The van der Waals surface area contributed by atoms with E-state index in [1.54, 1.807) is 23.2 Å². The first kappa shape index (κ1) is 23.8. The van der Waals surface area contributed by atoms with Gasteiger partial charge < -0.3 is 20.3 Å². The van der Waals surface area contributed by atoms with E-state index in [9.17, 15) is 13.6 Å². The fraction of sp³-hybridized carbons (Fsp3) is 0.292. The molecule has 1 aromatic carbocycles. The molecule has 4 rings (SSSR count). The van der Waals surface area contributed by atoms with Crippen LogP contribution in [-0.2, 0) is 0 Å². The van der Waals surface area contributed by atoms with E-state index < -0.39 is 17.7 Å². The van der Waals surface area contributed by atoms with Crippen LogP contribution in [0.5, 0.6) is 5.75 Å². The van der Waals surface area contributed by atoms with Crippen LogP contribution in [0.2, 0.25) is 5.02 Å². The van der Waals surface area contributed by atoms with Crippen LogP contribution >= 0.6 is 11.6 Å². The van der Waals surface area contributed by atoms with Crippen molar-refractivity contribution in [3.8, 4) is 16.9 Å². The Kier molecular flexibility index (Phi) is 6.95. The number of hydrogen-bond donors (Lipinski definition) is 1. The molecule has 7 nitrogen and oxygen atoms in total. The summed E-state index contributed by atoms with van der Waals surface area (Å²) in [6.07, 6.45) is 3.72. The van der Waals surface area contributed by atoms with Crippen LogP contribution in [0.15, 0.2) is 42.9 Å². The Balaban J connectivity index is 1.59. The van der Waals surface area contributed by atoms with Gasteiger partial charge in [-0.2, -0.15) is 0 Å². The van der Waals surface area contributed by atoms with Crippen LogP contribution in [0.4, 0.5) is 14.6 Å². The SMILES string of the molecule is CC(Oc1cc(-c2cncc(C(=O)N3CCN(C)CC3)c2)cnc1N)c1c(F)ccc(F)c1Cl. The summed E-state index contributed by atoms with van der Waals surface area (Å²) in [4.78, 5) is 25.3. The first-order valence-electron chi connectivity index (χ1n) is 10.7. The highest BCUT2D eigenvalue weighted by atomic mass is 35.5. The third-order valence-electron chi connectivity index (χ3n) is 5.78. The fourth-order valence-corrected chi connectivity index (χ4v) is 4.09. The fourth-order valence-electron chi connectivity index (χ4n) is 3.78. The molecule has 0 radical (unpaired) electrons. The number of nitrogen functional groups attached to an aromatic ring is 1. The second-order valence-electron chi connectivity index (χ2n) is 8.18. The lowest BCUT2D eigenvalue weighted by atomic mass is 10.1. The number of ether oxygens (including phenoxy) is 1. The Morgan fingerprint density at radius 3 is 2.50 bits per heavy atom. The van der Waals surface area contributed by atoms with Gasteiger partial charge in [0.05, 0.1) is 10.6 Å². The number of carbonyl (C=O) groups is 1. The molecule has 1 aliphatic heterocycles. The van der Waals surface area contributed by atoms with Gasteiger partial charge in [0.25, 0.3) is 5.91 Å². The van der Waals surface area contributed by atoms with Gasteiger partial charge in [-0.1, -0.05) is 11.6 Å². The number of aromatic nitrogens is 2. The van der Waals surface area contributed by atoms with Gasteiger partial charge in [-0.25, -0.2) is 13.8 Å². The smallest absolute Gasteiger partial charge is 0.255 e. The van der Waals surface area contributed by atoms with E-state index in [2.05, 4.69) is 14.9 Å². The van der Waals surface area contributed by atoms with Gasteiger partial charge >= 0.3 is 0 Å². The summed E-state index contributed by atoms with van der Waals surface area (Å²) < 4.78 is 34.0. The molecule has 0 bridgehead atoms. The lowest BCUT2D eigenvalue weighted by molar-refractivity contribution is 0.0663. The maximum Gasteiger partial charge on any atom is 0.255 e. The quantitative estimate of drug-likeness (QED) is 0.543. The number of benzene rings is 1. The van der Waals surface area contributed by atoms with Gasteiger partial charge in [0.15, 0.2) is 11.6 Å². The summed E-state index contributed by atoms with van der Waals surface area (Å²) in [6, 6.07) is 5.29. The number of anilines is 1. The van der Waals surface area contributed by atoms with E-state index in [1.165, 1.54) is 19.3 Å². The lowest BCUT2D eigenvalue weighted by Gasteiger charge is -2.32. The minimum Gasteiger partial charge on any atom is -0.482 e. The van der Waals surface area contributed by atoms with Gasteiger partial charge in [0.1, 0.15) is 17.7 Å². The van der Waals surface area contributed by atoms with E-state index >= 15 is 0 Å². The number of nitrogens with two attached hydrogens (primary N) is 1. The zero-order chi connectivity index (χ0) is 24.4. The van der Waals surface area contributed by atoms with Gasteiger partial charge in [0, 0.05) is 61.5 Å². The summed E-state index contributed by atoms with van der Waals surface area (Å²) >= 11 is 5.96. The molecule has 1 amide bonds. The van der Waals surface area contributed by atoms with Crippen LogP contribution < -0.4 is 10.5 Å². The van der Waals surface area contributed by atoms with Crippen molar-refractivity contribution in [1.29, 1.82) is 0 Å². The predicted octanol–water partition coefficient (Wildman–Crippen LogP) is 4.19. The molecule has 3 aromatic rings. The van der Waals surface area contributed by atoms with Gasteiger partial charge in [-0.05, 0) is 38.2 Å². The highest BCUT2D eigenvalue weighted by molar-refractivity contribution is 6.31. The molecule has 0 aliphatic carbocycles. The molecule has 1 aliphatic rings. The average Bonchev–Trinajstić information content (AvgIpc) is 2.83. The Labute approximate surface area is 201 Å². The molecule has 34 heavy (non-hydrogen) atoms. The van der Waals surface area contributed by atoms with E-state index in [0.717, 1.165) is 25.2 Å². The molecule has 0 spiro atoms. The second-order valence-corrected chi connectivity index (χ2v) is 8.56. The third-order valence-corrected chi connectivity index (χ3v) is 6.16. The molecule has 1 saturated heterocycles. The maximum absolute atomic E-state index is 14.3. The predicted molar refractivity (Wildman–Crippen MR) is 126 cm³/mol. The van der Waals surface area contributed by atoms with Gasteiger partial charge in [-0.3, -0.25) is 9.78 Å². The molecule has 3 heterocycles. The Bertz CT molecular complexity index is 1220. The maximum atomic E-state index is 14.3. The Morgan fingerprint density at radius 2 is 1.76 bits per heavy atom. The Morgan fingerprint density at radius 1 is 1.09 bits per heavy atom. The highest BCUT2D eigenvalue weighted by Crippen LogP contribution is 2.34. The summed E-state index contributed by atoms with van der Waals surface area (Å²) in [5, 5.41) is -0.352. The highest BCUT2D eigenvalue weighted by Gasteiger charge is 2.23. The number of halogens is 3. The number of nitrogens with zero attached hydrogens (tertiary/aromatic N) is 4. The lowest BCUT2D eigenvalue weighted by Crippen LogP contribution is -2.47. The molecular weight excluding hydrogens is 464 g/mol. The van der Waals surface area contributed by atoms with Gasteiger partial charge in [-0.15, -0.1) is 0 Å². The van der Waals surface area contributed by atoms with Crippen LogP contribution in [-0.4, -0.2) is 58.9 Å². The molecule has 1 fully saturated rings. The molecule has 2 N–H and O–H groups in total. The molecule has 2 aromatic heterocycles. The summed E-state index contributed by atoms with van der Waals surface area (Å²) in [7, 11) is 2.02. The van der Waals surface area contributed by atoms with E-state index in [1.807, 2.05) is 7.05 Å². The molecule has 10 heteroatoms.